The predicted octanol–water partition coefficient (Wildman–Crippen LogP) is 3.61. The molecule has 0 saturated heterocycles. The van der Waals surface area contributed by atoms with Gasteiger partial charge in [-0.2, -0.15) is 13.2 Å². The lowest BCUT2D eigenvalue weighted by Crippen LogP contribution is -2.13. The number of nitrogens with two attached hydrogens (primary N) is 1. The number of halogens is 4. The Balaban J connectivity index is 2.85. The van der Waals surface area contributed by atoms with Crippen molar-refractivity contribution in [1.29, 1.82) is 0 Å². The van der Waals surface area contributed by atoms with Crippen LogP contribution in [0.15, 0.2) is 22.7 Å². The monoisotopic (exact) mass is 319 g/mol. The Morgan fingerprint density at radius 1 is 1.33 bits per heavy atom. The summed E-state index contributed by atoms with van der Waals surface area (Å²) in [5.41, 5.74) is 2.41. The zero-order valence-corrected chi connectivity index (χ0v) is 10.9. The molecule has 1 aromatic heterocycles. The molecule has 2 aromatic rings. The zero-order chi connectivity index (χ0) is 13.5. The van der Waals surface area contributed by atoms with Crippen molar-refractivity contribution >= 4 is 32.5 Å². The number of nitrogens with one attached hydrogen (secondary N) is 1. The number of fused-ring (bicyclic) bond motifs is 1. The van der Waals surface area contributed by atoms with Crippen LogP contribution in [0.5, 0.6) is 0 Å². The number of hydrazine groups is 1. The number of nitrogens with zero attached hydrogens (tertiary/aromatic N) is 1. The Morgan fingerprint density at radius 2 is 2.00 bits per heavy atom. The second-order valence-corrected chi connectivity index (χ2v) is 4.62. The quantitative estimate of drug-likeness (QED) is 0.623. The van der Waals surface area contributed by atoms with Crippen molar-refractivity contribution in [2.75, 3.05) is 5.43 Å². The van der Waals surface area contributed by atoms with Gasteiger partial charge in [-0.25, -0.2) is 4.98 Å². The molecule has 0 saturated carbocycles. The molecule has 3 N–H and O–H groups in total. The third-order valence-corrected chi connectivity index (χ3v) is 3.47. The molecule has 3 nitrogen and oxygen atoms in total. The van der Waals surface area contributed by atoms with E-state index in [0.717, 1.165) is 6.07 Å². The van der Waals surface area contributed by atoms with E-state index in [2.05, 4.69) is 26.3 Å². The van der Waals surface area contributed by atoms with Crippen LogP contribution in [-0.4, -0.2) is 4.98 Å². The topological polar surface area (TPSA) is 50.9 Å². The second kappa shape index (κ2) is 4.40. The smallest absolute Gasteiger partial charge is 0.323 e. The molecular weight excluding hydrogens is 311 g/mol. The lowest BCUT2D eigenvalue weighted by Gasteiger charge is -2.13. The molecule has 1 aromatic carbocycles. The summed E-state index contributed by atoms with van der Waals surface area (Å²) in [5.74, 6) is 5.26. The van der Waals surface area contributed by atoms with E-state index >= 15 is 0 Å². The maximum Gasteiger partial charge on any atom is 0.433 e. The number of benzene rings is 1. The molecule has 0 aliphatic carbocycles. The number of hydrogen-bond acceptors (Lipinski definition) is 3. The van der Waals surface area contributed by atoms with E-state index in [1.165, 1.54) is 0 Å². The highest BCUT2D eigenvalue weighted by atomic mass is 79.9. The molecule has 0 bridgehead atoms. The minimum Gasteiger partial charge on any atom is -0.323 e. The summed E-state index contributed by atoms with van der Waals surface area (Å²) in [7, 11) is 0. The molecule has 7 heteroatoms. The van der Waals surface area contributed by atoms with Crippen LogP contribution in [0.1, 0.15) is 11.3 Å². The van der Waals surface area contributed by atoms with E-state index in [1.807, 2.05) is 0 Å². The summed E-state index contributed by atoms with van der Waals surface area (Å²) in [6, 6.07) is 4.30. The molecule has 2 rings (SSSR count). The van der Waals surface area contributed by atoms with Gasteiger partial charge in [0.1, 0.15) is 5.69 Å². The molecule has 0 unspecified atom stereocenters. The van der Waals surface area contributed by atoms with Crippen LogP contribution in [0.3, 0.4) is 0 Å². The zero-order valence-electron chi connectivity index (χ0n) is 9.27. The number of pyridine rings is 1. The van der Waals surface area contributed by atoms with E-state index in [4.69, 9.17) is 5.84 Å². The summed E-state index contributed by atoms with van der Waals surface area (Å²) in [6.45, 7) is 1.69. The summed E-state index contributed by atoms with van der Waals surface area (Å²) in [6.07, 6.45) is -4.51. The third-order valence-electron chi connectivity index (χ3n) is 2.61. The van der Waals surface area contributed by atoms with E-state index < -0.39 is 11.9 Å². The molecule has 0 fully saturated rings. The van der Waals surface area contributed by atoms with Gasteiger partial charge in [0.15, 0.2) is 0 Å². The van der Waals surface area contributed by atoms with Crippen molar-refractivity contribution in [2.24, 2.45) is 5.84 Å². The SMILES string of the molecule is Cc1c(Br)ccc2c(NN)cc(C(F)(F)F)nc12. The third kappa shape index (κ3) is 2.15. The van der Waals surface area contributed by atoms with Crippen LogP contribution < -0.4 is 11.3 Å². The summed E-state index contributed by atoms with van der Waals surface area (Å²) >= 11 is 3.26. The number of aromatic nitrogens is 1. The largest absolute Gasteiger partial charge is 0.433 e. The highest BCUT2D eigenvalue weighted by Gasteiger charge is 2.33. The first-order valence-corrected chi connectivity index (χ1v) is 5.77. The lowest BCUT2D eigenvalue weighted by atomic mass is 10.1. The standard InChI is InChI=1S/C11H9BrF3N3/c1-5-7(12)3-2-6-8(18-16)4-9(11(13,14)15)17-10(5)6/h2-4H,16H2,1H3,(H,17,18). The molecule has 1 heterocycles. The van der Waals surface area contributed by atoms with Crippen LogP contribution in [0.25, 0.3) is 10.9 Å². The average molecular weight is 320 g/mol. The Labute approximate surface area is 109 Å². The van der Waals surface area contributed by atoms with Crippen LogP contribution in [0.4, 0.5) is 18.9 Å². The average Bonchev–Trinajstić information content (AvgIpc) is 2.31. The molecule has 18 heavy (non-hydrogen) atoms. The van der Waals surface area contributed by atoms with Gasteiger partial charge < -0.3 is 5.43 Å². The fourth-order valence-electron chi connectivity index (χ4n) is 1.67. The van der Waals surface area contributed by atoms with Crippen molar-refractivity contribution < 1.29 is 13.2 Å². The lowest BCUT2D eigenvalue weighted by molar-refractivity contribution is -0.140. The Hall–Kier alpha value is -1.34. The van der Waals surface area contributed by atoms with E-state index in [1.54, 1.807) is 19.1 Å². The van der Waals surface area contributed by atoms with Crippen molar-refractivity contribution in [3.63, 3.8) is 0 Å². The van der Waals surface area contributed by atoms with Crippen LogP contribution in [0.2, 0.25) is 0 Å². The number of rotatable bonds is 1. The molecule has 0 radical (unpaired) electrons. The van der Waals surface area contributed by atoms with Gasteiger partial charge in [-0.3, -0.25) is 5.84 Å². The van der Waals surface area contributed by atoms with E-state index in [-0.39, 0.29) is 11.2 Å². The van der Waals surface area contributed by atoms with Crippen LogP contribution in [-0.2, 0) is 6.18 Å². The fraction of sp³-hybridized carbons (Fsp3) is 0.182. The number of aryl methyl sites for hydroxylation is 1. The number of anilines is 1. The van der Waals surface area contributed by atoms with E-state index in [9.17, 15) is 13.2 Å². The van der Waals surface area contributed by atoms with Crippen molar-refractivity contribution in [3.8, 4) is 0 Å². The summed E-state index contributed by atoms with van der Waals surface area (Å²) in [5, 5.41) is 0.547. The summed E-state index contributed by atoms with van der Waals surface area (Å²) in [4.78, 5) is 3.66. The van der Waals surface area contributed by atoms with E-state index in [0.29, 0.717) is 15.4 Å². The number of alkyl halides is 3. The van der Waals surface area contributed by atoms with Crippen molar-refractivity contribution in [2.45, 2.75) is 13.1 Å². The first-order chi connectivity index (χ1) is 8.34. The summed E-state index contributed by atoms with van der Waals surface area (Å²) < 4.78 is 38.9. The molecule has 0 atom stereocenters. The van der Waals surface area contributed by atoms with Crippen molar-refractivity contribution in [3.05, 3.63) is 33.9 Å². The van der Waals surface area contributed by atoms with Crippen LogP contribution in [0, 0.1) is 6.92 Å². The molecule has 0 aliphatic heterocycles. The van der Waals surface area contributed by atoms with Gasteiger partial charge in [-0.15, -0.1) is 0 Å². The normalized spacial score (nSPS) is 11.9. The number of nitrogen functional groups attached to an aromatic ring is 1. The molecule has 0 spiro atoms. The minimum atomic E-state index is -4.51. The highest BCUT2D eigenvalue weighted by molar-refractivity contribution is 9.10. The maximum absolute atomic E-state index is 12.7. The van der Waals surface area contributed by atoms with Gasteiger partial charge in [0.25, 0.3) is 0 Å². The van der Waals surface area contributed by atoms with Gasteiger partial charge >= 0.3 is 6.18 Å². The van der Waals surface area contributed by atoms with Gasteiger partial charge in [-0.1, -0.05) is 15.9 Å². The first-order valence-electron chi connectivity index (χ1n) is 4.98. The fourth-order valence-corrected chi connectivity index (χ4v) is 1.99. The Bertz CT molecular complexity index is 610. The first kappa shape index (κ1) is 13.1. The van der Waals surface area contributed by atoms with Gasteiger partial charge in [0, 0.05) is 9.86 Å². The highest BCUT2D eigenvalue weighted by Crippen LogP contribution is 2.35. The molecular formula is C11H9BrF3N3. The Morgan fingerprint density at radius 3 is 2.56 bits per heavy atom. The Kier molecular flexibility index (Phi) is 3.20. The van der Waals surface area contributed by atoms with Crippen LogP contribution >= 0.6 is 15.9 Å². The van der Waals surface area contributed by atoms with Crippen molar-refractivity contribution in [1.82, 2.24) is 4.98 Å². The van der Waals surface area contributed by atoms with Gasteiger partial charge in [-0.05, 0) is 30.7 Å². The predicted molar refractivity (Wildman–Crippen MR) is 67.0 cm³/mol. The van der Waals surface area contributed by atoms with Gasteiger partial charge in [0.05, 0.1) is 11.2 Å². The molecule has 0 amide bonds. The molecule has 0 aliphatic rings. The minimum absolute atomic E-state index is 0.197. The maximum atomic E-state index is 12.7. The number of hydrogen-bond donors (Lipinski definition) is 2. The second-order valence-electron chi connectivity index (χ2n) is 3.77. The molecule has 96 valence electrons. The van der Waals surface area contributed by atoms with Gasteiger partial charge in [0.2, 0.25) is 0 Å².